The van der Waals surface area contributed by atoms with Gasteiger partial charge in [0.1, 0.15) is 5.75 Å². The van der Waals surface area contributed by atoms with Gasteiger partial charge in [-0.15, -0.1) is 0 Å². The van der Waals surface area contributed by atoms with E-state index in [9.17, 15) is 9.59 Å². The minimum atomic E-state index is -0.321. The van der Waals surface area contributed by atoms with Crippen molar-refractivity contribution in [2.45, 2.75) is 26.7 Å². The van der Waals surface area contributed by atoms with Gasteiger partial charge in [-0.2, -0.15) is 4.98 Å². The summed E-state index contributed by atoms with van der Waals surface area (Å²) in [7, 11) is 0. The number of para-hydroxylation sites is 1. The van der Waals surface area contributed by atoms with Crippen molar-refractivity contribution < 1.29 is 18.8 Å². The Morgan fingerprint density at radius 1 is 1.11 bits per heavy atom. The summed E-state index contributed by atoms with van der Waals surface area (Å²) in [5.74, 6) is 1.23. The average Bonchev–Trinajstić information content (AvgIpc) is 3.17. The van der Waals surface area contributed by atoms with Gasteiger partial charge in [-0.25, -0.2) is 0 Å². The summed E-state index contributed by atoms with van der Waals surface area (Å²) in [5.41, 5.74) is 1.80. The minimum absolute atomic E-state index is 0.0283. The third-order valence-electron chi connectivity index (χ3n) is 4.01. The normalized spacial score (nSPS) is 10.7. The number of Topliss-reactive ketones (excluding diaryl/α,β-unsaturated/α-hetero) is 1. The number of carbonyl (C=O) groups is 2. The predicted molar refractivity (Wildman–Crippen MR) is 104 cm³/mol. The van der Waals surface area contributed by atoms with Crippen LogP contribution in [0.3, 0.4) is 0 Å². The molecule has 1 heterocycles. The van der Waals surface area contributed by atoms with Gasteiger partial charge in [-0.3, -0.25) is 9.59 Å². The molecule has 0 atom stereocenters. The van der Waals surface area contributed by atoms with Gasteiger partial charge in [-0.1, -0.05) is 31.1 Å². The summed E-state index contributed by atoms with van der Waals surface area (Å²) >= 11 is 0. The van der Waals surface area contributed by atoms with E-state index in [-0.39, 0.29) is 24.2 Å². The fourth-order valence-corrected chi connectivity index (χ4v) is 2.48. The molecule has 0 aliphatic carbocycles. The van der Waals surface area contributed by atoms with E-state index in [0.29, 0.717) is 34.3 Å². The Bertz CT molecular complexity index is 977. The zero-order chi connectivity index (χ0) is 20.1. The van der Waals surface area contributed by atoms with E-state index in [2.05, 4.69) is 15.5 Å². The number of ketones is 1. The number of aromatic nitrogens is 2. The molecule has 2 aromatic carbocycles. The number of hydrogen-bond donors (Lipinski definition) is 1. The van der Waals surface area contributed by atoms with E-state index in [4.69, 9.17) is 9.26 Å². The van der Waals surface area contributed by atoms with Crippen LogP contribution < -0.4 is 10.1 Å². The lowest BCUT2D eigenvalue weighted by atomic mass is 10.1. The molecule has 144 valence electrons. The van der Waals surface area contributed by atoms with Gasteiger partial charge in [0.05, 0.1) is 5.56 Å². The zero-order valence-electron chi connectivity index (χ0n) is 15.9. The maximum absolute atomic E-state index is 12.2. The summed E-state index contributed by atoms with van der Waals surface area (Å²) in [5, 5.41) is 6.69. The van der Waals surface area contributed by atoms with Gasteiger partial charge in [-0.05, 0) is 43.3 Å². The molecule has 1 N–H and O–H groups in total. The van der Waals surface area contributed by atoms with Crippen LogP contribution >= 0.6 is 0 Å². The van der Waals surface area contributed by atoms with Gasteiger partial charge in [0, 0.05) is 17.2 Å². The molecule has 3 rings (SSSR count). The third-order valence-corrected chi connectivity index (χ3v) is 4.01. The molecule has 7 nitrogen and oxygen atoms in total. The summed E-state index contributed by atoms with van der Waals surface area (Å²) < 4.78 is 11.0. The van der Waals surface area contributed by atoms with Crippen LogP contribution in [0.5, 0.6) is 5.75 Å². The van der Waals surface area contributed by atoms with Crippen molar-refractivity contribution in [3.63, 3.8) is 0 Å². The number of carbonyl (C=O) groups excluding carboxylic acids is 2. The van der Waals surface area contributed by atoms with E-state index in [1.165, 1.54) is 6.92 Å². The number of amides is 1. The fraction of sp³-hybridized carbons (Fsp3) is 0.238. The molecular formula is C21H21N3O4. The monoisotopic (exact) mass is 379 g/mol. The summed E-state index contributed by atoms with van der Waals surface area (Å²) in [6.07, 6.45) is 0. The van der Waals surface area contributed by atoms with Crippen molar-refractivity contribution in [2.75, 3.05) is 11.9 Å². The zero-order valence-corrected chi connectivity index (χ0v) is 15.9. The molecule has 7 heteroatoms. The van der Waals surface area contributed by atoms with E-state index < -0.39 is 0 Å². The first-order valence-corrected chi connectivity index (χ1v) is 8.90. The Balaban J connectivity index is 1.65. The number of nitrogens with zero attached hydrogens (tertiary/aromatic N) is 2. The first-order valence-electron chi connectivity index (χ1n) is 8.90. The summed E-state index contributed by atoms with van der Waals surface area (Å²) in [4.78, 5) is 27.9. The van der Waals surface area contributed by atoms with Crippen LogP contribution in [0.15, 0.2) is 53.1 Å². The Labute approximate surface area is 162 Å². The van der Waals surface area contributed by atoms with Crippen molar-refractivity contribution in [2.24, 2.45) is 0 Å². The van der Waals surface area contributed by atoms with Crippen LogP contribution in [0.2, 0.25) is 0 Å². The molecule has 0 saturated heterocycles. The molecule has 0 radical (unpaired) electrons. The molecule has 1 aromatic heterocycles. The van der Waals surface area contributed by atoms with Gasteiger partial charge >= 0.3 is 0 Å². The summed E-state index contributed by atoms with van der Waals surface area (Å²) in [6, 6.07) is 13.8. The highest BCUT2D eigenvalue weighted by Gasteiger charge is 2.16. The molecule has 28 heavy (non-hydrogen) atoms. The van der Waals surface area contributed by atoms with Crippen LogP contribution in [0.1, 0.15) is 42.9 Å². The maximum Gasteiger partial charge on any atom is 0.262 e. The van der Waals surface area contributed by atoms with Crippen LogP contribution in [0.25, 0.3) is 11.5 Å². The number of hydrogen-bond acceptors (Lipinski definition) is 6. The van der Waals surface area contributed by atoms with Gasteiger partial charge in [0.2, 0.25) is 0 Å². The Morgan fingerprint density at radius 2 is 1.82 bits per heavy atom. The standard InChI is InChI=1S/C21H21N3O4/c1-13(2)20-23-21(28-24-20)17-6-4-5-7-18(17)27-12-19(26)22-16-10-8-15(9-11-16)14(3)25/h4-11,13H,12H2,1-3H3,(H,22,26). The van der Waals surface area contributed by atoms with E-state index in [0.717, 1.165) is 0 Å². The molecule has 0 aliphatic heterocycles. The largest absolute Gasteiger partial charge is 0.483 e. The van der Waals surface area contributed by atoms with Crippen LogP contribution in [-0.2, 0) is 4.79 Å². The second kappa shape index (κ2) is 8.47. The minimum Gasteiger partial charge on any atom is -0.483 e. The topological polar surface area (TPSA) is 94.3 Å². The van der Waals surface area contributed by atoms with Crippen LogP contribution in [-0.4, -0.2) is 28.4 Å². The van der Waals surface area contributed by atoms with Crippen molar-refractivity contribution in [1.29, 1.82) is 0 Å². The highest BCUT2D eigenvalue weighted by Crippen LogP contribution is 2.29. The lowest BCUT2D eigenvalue weighted by molar-refractivity contribution is -0.118. The van der Waals surface area contributed by atoms with Gasteiger partial charge < -0.3 is 14.6 Å². The molecule has 0 saturated carbocycles. The summed E-state index contributed by atoms with van der Waals surface area (Å²) in [6.45, 7) is 5.26. The highest BCUT2D eigenvalue weighted by atomic mass is 16.5. The number of anilines is 1. The smallest absolute Gasteiger partial charge is 0.262 e. The van der Waals surface area contributed by atoms with Gasteiger partial charge in [0.25, 0.3) is 11.8 Å². The molecule has 0 bridgehead atoms. The fourth-order valence-electron chi connectivity index (χ4n) is 2.48. The Morgan fingerprint density at radius 3 is 2.46 bits per heavy atom. The third kappa shape index (κ3) is 4.62. The second-order valence-electron chi connectivity index (χ2n) is 6.58. The highest BCUT2D eigenvalue weighted by molar-refractivity contribution is 5.96. The van der Waals surface area contributed by atoms with Gasteiger partial charge in [0.15, 0.2) is 18.2 Å². The van der Waals surface area contributed by atoms with Crippen molar-refractivity contribution >= 4 is 17.4 Å². The molecule has 0 spiro atoms. The first-order chi connectivity index (χ1) is 13.4. The van der Waals surface area contributed by atoms with Crippen LogP contribution in [0.4, 0.5) is 5.69 Å². The quantitative estimate of drug-likeness (QED) is 0.622. The average molecular weight is 379 g/mol. The molecule has 3 aromatic rings. The van der Waals surface area contributed by atoms with Crippen molar-refractivity contribution in [1.82, 2.24) is 10.1 Å². The number of rotatable bonds is 7. The Hall–Kier alpha value is -3.48. The van der Waals surface area contributed by atoms with E-state index >= 15 is 0 Å². The number of benzene rings is 2. The van der Waals surface area contributed by atoms with Crippen LogP contribution in [0, 0.1) is 0 Å². The first kappa shape index (κ1) is 19.3. The lowest BCUT2D eigenvalue weighted by Gasteiger charge is -2.10. The molecule has 0 unspecified atom stereocenters. The maximum atomic E-state index is 12.2. The van der Waals surface area contributed by atoms with Crippen molar-refractivity contribution in [3.8, 4) is 17.2 Å². The molecule has 0 fully saturated rings. The van der Waals surface area contributed by atoms with Crippen molar-refractivity contribution in [3.05, 3.63) is 59.9 Å². The molecule has 0 aliphatic rings. The lowest BCUT2D eigenvalue weighted by Crippen LogP contribution is -2.20. The number of nitrogens with one attached hydrogen (secondary N) is 1. The molecule has 1 amide bonds. The Kier molecular flexibility index (Phi) is 5.84. The molecular weight excluding hydrogens is 358 g/mol. The SMILES string of the molecule is CC(=O)c1ccc(NC(=O)COc2ccccc2-c2nc(C(C)C)no2)cc1. The number of ether oxygens (including phenoxy) is 1. The van der Waals surface area contributed by atoms with E-state index in [1.807, 2.05) is 19.9 Å². The van der Waals surface area contributed by atoms with E-state index in [1.54, 1.807) is 42.5 Å². The predicted octanol–water partition coefficient (Wildman–Crippen LogP) is 4.08. The second-order valence-corrected chi connectivity index (χ2v) is 6.58.